The van der Waals surface area contributed by atoms with Crippen molar-refractivity contribution >= 4 is 39.8 Å². The van der Waals surface area contributed by atoms with Gasteiger partial charge in [-0.05, 0) is 42.5 Å². The van der Waals surface area contributed by atoms with E-state index in [1.165, 1.54) is 6.33 Å². The van der Waals surface area contributed by atoms with Crippen LogP contribution in [0.1, 0.15) is 0 Å². The fourth-order valence-corrected chi connectivity index (χ4v) is 2.77. The molecule has 0 bridgehead atoms. The number of nitrogens with one attached hydrogen (secondary N) is 3. The topological polar surface area (TPSA) is 78.9 Å². The van der Waals surface area contributed by atoms with Crippen molar-refractivity contribution in [3.8, 4) is 0 Å². The molecular formula is C21H15F2N5O. The van der Waals surface area contributed by atoms with Gasteiger partial charge < -0.3 is 16.0 Å². The number of nitrogens with zero attached hydrogens (tertiary/aromatic N) is 2. The van der Waals surface area contributed by atoms with Crippen LogP contribution in [0.5, 0.6) is 0 Å². The average Bonchev–Trinajstić information content (AvgIpc) is 2.71. The first-order valence-electron chi connectivity index (χ1n) is 8.68. The smallest absolute Gasteiger partial charge is 0.323 e. The van der Waals surface area contributed by atoms with Crippen molar-refractivity contribution in [2.24, 2.45) is 0 Å². The maximum absolute atomic E-state index is 13.7. The number of hydrogen-bond acceptors (Lipinski definition) is 4. The number of aromatic nitrogens is 2. The van der Waals surface area contributed by atoms with E-state index in [4.69, 9.17) is 0 Å². The second-order valence-electron chi connectivity index (χ2n) is 6.15. The van der Waals surface area contributed by atoms with E-state index in [0.29, 0.717) is 23.1 Å². The Balaban J connectivity index is 1.52. The summed E-state index contributed by atoms with van der Waals surface area (Å²) in [6, 6.07) is 17.0. The van der Waals surface area contributed by atoms with Crippen LogP contribution in [0.2, 0.25) is 0 Å². The molecule has 3 N–H and O–H groups in total. The van der Waals surface area contributed by atoms with Crippen molar-refractivity contribution in [2.75, 3.05) is 16.0 Å². The standard InChI is InChI=1S/C21H15F2N5O/c22-13-6-9-18(17(23)10-13)28-21(29)27-15-7-8-16-19(11-15)24-12-25-20(16)26-14-4-2-1-3-5-14/h1-12H,(H,24,25,26)(H2,27,28,29). The quantitative estimate of drug-likeness (QED) is 0.441. The Morgan fingerprint density at radius 2 is 1.66 bits per heavy atom. The van der Waals surface area contributed by atoms with Crippen LogP contribution in [0, 0.1) is 11.6 Å². The number of hydrogen-bond donors (Lipinski definition) is 3. The number of para-hydroxylation sites is 1. The number of benzene rings is 3. The normalized spacial score (nSPS) is 10.6. The number of rotatable bonds is 4. The lowest BCUT2D eigenvalue weighted by Crippen LogP contribution is -2.20. The SMILES string of the molecule is O=C(Nc1ccc2c(Nc3ccccc3)ncnc2c1)Nc1ccc(F)cc1F. The minimum Gasteiger partial charge on any atom is -0.340 e. The maximum Gasteiger partial charge on any atom is 0.323 e. The van der Waals surface area contributed by atoms with E-state index in [1.807, 2.05) is 30.3 Å². The molecule has 0 fully saturated rings. The summed E-state index contributed by atoms with van der Waals surface area (Å²) < 4.78 is 26.6. The van der Waals surface area contributed by atoms with Gasteiger partial charge in [-0.15, -0.1) is 0 Å². The Labute approximate surface area is 164 Å². The molecule has 144 valence electrons. The van der Waals surface area contributed by atoms with E-state index < -0.39 is 17.7 Å². The van der Waals surface area contributed by atoms with Crippen molar-refractivity contribution < 1.29 is 13.6 Å². The summed E-state index contributed by atoms with van der Waals surface area (Å²) in [4.78, 5) is 20.6. The minimum atomic E-state index is -0.858. The van der Waals surface area contributed by atoms with Crippen LogP contribution in [-0.2, 0) is 0 Å². The lowest BCUT2D eigenvalue weighted by Gasteiger charge is -2.11. The van der Waals surface area contributed by atoms with Gasteiger partial charge in [0.05, 0.1) is 11.2 Å². The van der Waals surface area contributed by atoms with Crippen LogP contribution >= 0.6 is 0 Å². The second-order valence-corrected chi connectivity index (χ2v) is 6.15. The van der Waals surface area contributed by atoms with Crippen molar-refractivity contribution in [2.45, 2.75) is 0 Å². The highest BCUT2D eigenvalue weighted by molar-refractivity contribution is 6.01. The molecule has 0 aliphatic heterocycles. The fraction of sp³-hybridized carbons (Fsp3) is 0. The highest BCUT2D eigenvalue weighted by atomic mass is 19.1. The number of carbonyl (C=O) groups excluding carboxylic acids is 1. The Kier molecular flexibility index (Phi) is 4.98. The second kappa shape index (κ2) is 7.89. The molecule has 0 radical (unpaired) electrons. The molecule has 6 nitrogen and oxygen atoms in total. The maximum atomic E-state index is 13.7. The van der Waals surface area contributed by atoms with Gasteiger partial charge in [0.2, 0.25) is 0 Å². The summed E-state index contributed by atoms with van der Waals surface area (Å²) in [5, 5.41) is 8.94. The molecule has 0 aliphatic rings. The molecular weight excluding hydrogens is 376 g/mol. The predicted octanol–water partition coefficient (Wildman–Crippen LogP) is 5.30. The van der Waals surface area contributed by atoms with Crippen LogP contribution < -0.4 is 16.0 Å². The monoisotopic (exact) mass is 391 g/mol. The summed E-state index contributed by atoms with van der Waals surface area (Å²) in [6.45, 7) is 0. The van der Waals surface area contributed by atoms with Gasteiger partial charge >= 0.3 is 6.03 Å². The molecule has 2 amide bonds. The first-order chi connectivity index (χ1) is 14.1. The molecule has 1 heterocycles. The van der Waals surface area contributed by atoms with Gasteiger partial charge in [0.15, 0.2) is 0 Å². The molecule has 1 aromatic heterocycles. The molecule has 8 heteroatoms. The molecule has 0 saturated carbocycles. The molecule has 3 aromatic carbocycles. The van der Waals surface area contributed by atoms with Crippen LogP contribution in [0.4, 0.5) is 36.5 Å². The molecule has 0 saturated heterocycles. The van der Waals surface area contributed by atoms with E-state index in [1.54, 1.807) is 18.2 Å². The lowest BCUT2D eigenvalue weighted by atomic mass is 10.2. The van der Waals surface area contributed by atoms with Gasteiger partial charge in [0, 0.05) is 22.8 Å². The zero-order chi connectivity index (χ0) is 20.2. The van der Waals surface area contributed by atoms with E-state index in [-0.39, 0.29) is 5.69 Å². The molecule has 0 aliphatic carbocycles. The van der Waals surface area contributed by atoms with Crippen LogP contribution in [-0.4, -0.2) is 16.0 Å². The fourth-order valence-electron chi connectivity index (χ4n) is 2.77. The van der Waals surface area contributed by atoms with Gasteiger partial charge in [-0.25, -0.2) is 23.5 Å². The highest BCUT2D eigenvalue weighted by Gasteiger charge is 2.10. The molecule has 0 atom stereocenters. The predicted molar refractivity (Wildman–Crippen MR) is 108 cm³/mol. The Bertz CT molecular complexity index is 1180. The number of halogens is 2. The first-order valence-corrected chi connectivity index (χ1v) is 8.68. The van der Waals surface area contributed by atoms with Gasteiger partial charge in [-0.2, -0.15) is 0 Å². The third-order valence-electron chi connectivity index (χ3n) is 4.11. The Morgan fingerprint density at radius 3 is 2.45 bits per heavy atom. The largest absolute Gasteiger partial charge is 0.340 e. The first kappa shape index (κ1) is 18.3. The lowest BCUT2D eigenvalue weighted by molar-refractivity contribution is 0.262. The number of urea groups is 1. The molecule has 4 rings (SSSR count). The minimum absolute atomic E-state index is 0.124. The summed E-state index contributed by atoms with van der Waals surface area (Å²) in [5.74, 6) is -0.948. The van der Waals surface area contributed by atoms with Crippen molar-refractivity contribution in [1.29, 1.82) is 0 Å². The molecule has 0 spiro atoms. The number of fused-ring (bicyclic) bond motifs is 1. The van der Waals surface area contributed by atoms with Crippen molar-refractivity contribution in [1.82, 2.24) is 9.97 Å². The van der Waals surface area contributed by atoms with Crippen LogP contribution in [0.3, 0.4) is 0 Å². The van der Waals surface area contributed by atoms with E-state index >= 15 is 0 Å². The Hall–Kier alpha value is -4.07. The Morgan fingerprint density at radius 1 is 0.828 bits per heavy atom. The van der Waals surface area contributed by atoms with Gasteiger partial charge in [0.1, 0.15) is 23.8 Å². The van der Waals surface area contributed by atoms with Crippen molar-refractivity contribution in [3.05, 3.63) is 84.7 Å². The van der Waals surface area contributed by atoms with E-state index in [0.717, 1.165) is 23.2 Å². The van der Waals surface area contributed by atoms with Crippen LogP contribution in [0.15, 0.2) is 73.1 Å². The zero-order valence-corrected chi connectivity index (χ0v) is 15.0. The number of anilines is 4. The van der Waals surface area contributed by atoms with Gasteiger partial charge in [-0.1, -0.05) is 18.2 Å². The number of amides is 2. The summed E-state index contributed by atoms with van der Waals surface area (Å²) in [5.41, 5.74) is 1.84. The zero-order valence-electron chi connectivity index (χ0n) is 15.0. The summed E-state index contributed by atoms with van der Waals surface area (Å²) in [6.07, 6.45) is 1.42. The molecule has 29 heavy (non-hydrogen) atoms. The van der Waals surface area contributed by atoms with Gasteiger partial charge in [-0.3, -0.25) is 0 Å². The molecule has 0 unspecified atom stereocenters. The van der Waals surface area contributed by atoms with E-state index in [9.17, 15) is 13.6 Å². The number of carbonyl (C=O) groups is 1. The van der Waals surface area contributed by atoms with Gasteiger partial charge in [0.25, 0.3) is 0 Å². The van der Waals surface area contributed by atoms with Crippen molar-refractivity contribution in [3.63, 3.8) is 0 Å². The van der Waals surface area contributed by atoms with E-state index in [2.05, 4.69) is 25.9 Å². The summed E-state index contributed by atoms with van der Waals surface area (Å²) >= 11 is 0. The van der Waals surface area contributed by atoms with Crippen LogP contribution in [0.25, 0.3) is 10.9 Å². The highest BCUT2D eigenvalue weighted by Crippen LogP contribution is 2.25. The molecule has 4 aromatic rings. The third-order valence-corrected chi connectivity index (χ3v) is 4.11. The average molecular weight is 391 g/mol. The third kappa shape index (κ3) is 4.27. The summed E-state index contributed by atoms with van der Waals surface area (Å²) in [7, 11) is 0.